The summed E-state index contributed by atoms with van der Waals surface area (Å²) in [5.74, 6) is 1.65. The molecular weight excluding hydrogens is 268 g/mol. The SMILES string of the molecule is CCC(C)CCN.CCC(C)CCN.O=S(=O)(O)O. The lowest BCUT2D eigenvalue weighted by Gasteiger charge is -2.02. The highest BCUT2D eigenvalue weighted by Gasteiger charge is 1.93. The monoisotopic (exact) mass is 300 g/mol. The summed E-state index contributed by atoms with van der Waals surface area (Å²) in [5, 5.41) is 0. The second kappa shape index (κ2) is 15.8. The Morgan fingerprint density at radius 3 is 1.16 bits per heavy atom. The van der Waals surface area contributed by atoms with Gasteiger partial charge < -0.3 is 11.5 Å². The molecule has 6 N–H and O–H groups in total. The first-order valence-electron chi connectivity index (χ1n) is 6.72. The van der Waals surface area contributed by atoms with Gasteiger partial charge in [-0.2, -0.15) is 8.42 Å². The molecule has 0 aromatic heterocycles. The van der Waals surface area contributed by atoms with E-state index in [-0.39, 0.29) is 0 Å². The maximum Gasteiger partial charge on any atom is 0.394 e. The highest BCUT2D eigenvalue weighted by Crippen LogP contribution is 2.03. The Morgan fingerprint density at radius 2 is 1.11 bits per heavy atom. The zero-order chi connectivity index (χ0) is 15.9. The normalized spacial score (nSPS) is 13.5. The Balaban J connectivity index is -0.000000206. The van der Waals surface area contributed by atoms with Crippen molar-refractivity contribution in [3.8, 4) is 0 Å². The van der Waals surface area contributed by atoms with Crippen LogP contribution in [0.25, 0.3) is 0 Å². The summed E-state index contributed by atoms with van der Waals surface area (Å²) in [7, 11) is -4.67. The van der Waals surface area contributed by atoms with Crippen molar-refractivity contribution < 1.29 is 17.5 Å². The van der Waals surface area contributed by atoms with Crippen LogP contribution in [0.5, 0.6) is 0 Å². The smallest absolute Gasteiger partial charge is 0.330 e. The molecule has 0 amide bonds. The topological polar surface area (TPSA) is 127 Å². The number of nitrogens with two attached hydrogens (primary N) is 2. The van der Waals surface area contributed by atoms with E-state index < -0.39 is 10.4 Å². The van der Waals surface area contributed by atoms with Gasteiger partial charge in [-0.05, 0) is 37.8 Å². The van der Waals surface area contributed by atoms with Gasteiger partial charge in [0.2, 0.25) is 0 Å². The van der Waals surface area contributed by atoms with Gasteiger partial charge in [0, 0.05) is 0 Å². The van der Waals surface area contributed by atoms with Crippen molar-refractivity contribution in [2.75, 3.05) is 13.1 Å². The van der Waals surface area contributed by atoms with Gasteiger partial charge in [-0.25, -0.2) is 0 Å². The van der Waals surface area contributed by atoms with Crippen LogP contribution in [0.4, 0.5) is 0 Å². The minimum absolute atomic E-state index is 0.824. The van der Waals surface area contributed by atoms with Gasteiger partial charge in [0.1, 0.15) is 0 Å². The molecule has 0 rings (SSSR count). The van der Waals surface area contributed by atoms with Crippen LogP contribution in [0.2, 0.25) is 0 Å². The molecule has 2 atom stereocenters. The van der Waals surface area contributed by atoms with E-state index in [4.69, 9.17) is 29.0 Å². The van der Waals surface area contributed by atoms with Gasteiger partial charge in [0.25, 0.3) is 0 Å². The van der Waals surface area contributed by atoms with Crippen molar-refractivity contribution in [2.24, 2.45) is 23.3 Å². The van der Waals surface area contributed by atoms with Gasteiger partial charge in [-0.3, -0.25) is 9.11 Å². The molecule has 19 heavy (non-hydrogen) atoms. The Kier molecular flexibility index (Phi) is 19.9. The quantitative estimate of drug-likeness (QED) is 0.556. The molecule has 120 valence electrons. The first-order valence-corrected chi connectivity index (χ1v) is 8.11. The van der Waals surface area contributed by atoms with E-state index in [0.717, 1.165) is 24.9 Å². The lowest BCUT2D eigenvalue weighted by Crippen LogP contribution is -2.04. The van der Waals surface area contributed by atoms with Crippen molar-refractivity contribution in [3.63, 3.8) is 0 Å². The van der Waals surface area contributed by atoms with E-state index in [1.807, 2.05) is 0 Å². The van der Waals surface area contributed by atoms with E-state index in [9.17, 15) is 0 Å². The highest BCUT2D eigenvalue weighted by atomic mass is 32.3. The third-order valence-electron chi connectivity index (χ3n) is 2.71. The maximum atomic E-state index is 8.74. The Hall–Kier alpha value is -0.210. The van der Waals surface area contributed by atoms with Crippen LogP contribution < -0.4 is 11.5 Å². The van der Waals surface area contributed by atoms with Crippen LogP contribution in [0.15, 0.2) is 0 Å². The van der Waals surface area contributed by atoms with Crippen LogP contribution in [0.1, 0.15) is 53.4 Å². The Bertz CT molecular complexity index is 238. The molecule has 0 fully saturated rings. The van der Waals surface area contributed by atoms with Crippen LogP contribution in [0.3, 0.4) is 0 Å². The van der Waals surface area contributed by atoms with Crippen LogP contribution in [-0.4, -0.2) is 30.6 Å². The van der Waals surface area contributed by atoms with E-state index in [1.165, 1.54) is 25.7 Å². The molecule has 0 aromatic rings. The van der Waals surface area contributed by atoms with Crippen LogP contribution in [0, 0.1) is 11.8 Å². The highest BCUT2D eigenvalue weighted by molar-refractivity contribution is 7.79. The minimum Gasteiger partial charge on any atom is -0.330 e. The summed E-state index contributed by atoms with van der Waals surface area (Å²) in [6.45, 7) is 10.5. The van der Waals surface area contributed by atoms with Crippen molar-refractivity contribution >= 4 is 10.4 Å². The zero-order valence-electron chi connectivity index (χ0n) is 12.7. The van der Waals surface area contributed by atoms with E-state index in [0.29, 0.717) is 0 Å². The predicted molar refractivity (Wildman–Crippen MR) is 80.4 cm³/mol. The minimum atomic E-state index is -4.67. The molecule has 0 aliphatic carbocycles. The van der Waals surface area contributed by atoms with E-state index in [2.05, 4.69) is 27.7 Å². The molecule has 0 aliphatic rings. The van der Waals surface area contributed by atoms with Crippen LogP contribution in [-0.2, 0) is 10.4 Å². The number of rotatable bonds is 6. The zero-order valence-corrected chi connectivity index (χ0v) is 13.5. The Labute approximate surface area is 118 Å². The van der Waals surface area contributed by atoms with E-state index in [1.54, 1.807) is 0 Å². The summed E-state index contributed by atoms with van der Waals surface area (Å²) in [5.41, 5.74) is 10.6. The second-order valence-corrected chi connectivity index (χ2v) is 5.53. The second-order valence-electron chi connectivity index (χ2n) is 4.63. The molecule has 0 bridgehead atoms. The van der Waals surface area contributed by atoms with Crippen molar-refractivity contribution in [1.29, 1.82) is 0 Å². The van der Waals surface area contributed by atoms with Gasteiger partial charge in [0.05, 0.1) is 0 Å². The third-order valence-corrected chi connectivity index (χ3v) is 2.71. The standard InChI is InChI=1S/2C6H15N.H2O4S/c2*1-3-6(2)4-5-7;1-5(2,3)4/h2*6H,3-5,7H2,1-2H3;(H2,1,2,3,4). The van der Waals surface area contributed by atoms with E-state index >= 15 is 0 Å². The molecule has 0 aromatic carbocycles. The fourth-order valence-electron chi connectivity index (χ4n) is 0.977. The predicted octanol–water partition coefficient (Wildman–Crippen LogP) is 2.11. The fraction of sp³-hybridized carbons (Fsp3) is 1.00. The first-order chi connectivity index (χ1) is 8.62. The van der Waals surface area contributed by atoms with Gasteiger partial charge in [-0.1, -0.05) is 40.5 Å². The van der Waals surface area contributed by atoms with Crippen molar-refractivity contribution in [2.45, 2.75) is 53.4 Å². The largest absolute Gasteiger partial charge is 0.394 e. The maximum absolute atomic E-state index is 8.74. The molecule has 0 radical (unpaired) electrons. The summed E-state index contributed by atoms with van der Waals surface area (Å²) in [6.07, 6.45) is 4.88. The molecule has 0 heterocycles. The molecule has 0 aliphatic heterocycles. The van der Waals surface area contributed by atoms with Crippen LogP contribution >= 0.6 is 0 Å². The lowest BCUT2D eigenvalue weighted by molar-refractivity contribution is 0.381. The molecule has 2 unspecified atom stereocenters. The lowest BCUT2D eigenvalue weighted by atomic mass is 10.1. The van der Waals surface area contributed by atoms with Gasteiger partial charge >= 0.3 is 10.4 Å². The molecule has 6 nitrogen and oxygen atoms in total. The molecule has 0 saturated carbocycles. The molecular formula is C12H32N2O4S. The fourth-order valence-corrected chi connectivity index (χ4v) is 0.977. The number of hydrogen-bond donors (Lipinski definition) is 4. The van der Waals surface area contributed by atoms with Gasteiger partial charge in [-0.15, -0.1) is 0 Å². The Morgan fingerprint density at radius 1 is 0.895 bits per heavy atom. The first kappa shape index (κ1) is 23.9. The summed E-state index contributed by atoms with van der Waals surface area (Å²) in [4.78, 5) is 0. The average molecular weight is 300 g/mol. The van der Waals surface area contributed by atoms with Crippen molar-refractivity contribution in [3.05, 3.63) is 0 Å². The summed E-state index contributed by atoms with van der Waals surface area (Å²) in [6, 6.07) is 0. The van der Waals surface area contributed by atoms with Gasteiger partial charge in [0.15, 0.2) is 0 Å². The third kappa shape index (κ3) is 46.3. The molecule has 0 saturated heterocycles. The molecule has 0 spiro atoms. The average Bonchev–Trinajstić information content (AvgIpc) is 2.28. The summed E-state index contributed by atoms with van der Waals surface area (Å²) >= 11 is 0. The summed E-state index contributed by atoms with van der Waals surface area (Å²) < 4.78 is 31.6. The number of hydrogen-bond acceptors (Lipinski definition) is 4. The molecule has 7 heteroatoms. The van der Waals surface area contributed by atoms with Crippen molar-refractivity contribution in [1.82, 2.24) is 0 Å².